The van der Waals surface area contributed by atoms with Gasteiger partial charge in [0.15, 0.2) is 0 Å². The van der Waals surface area contributed by atoms with E-state index in [9.17, 15) is 5.11 Å². The largest absolute Gasteiger partial charge is 0.390 e. The van der Waals surface area contributed by atoms with Crippen molar-refractivity contribution in [3.63, 3.8) is 0 Å². The van der Waals surface area contributed by atoms with Crippen molar-refractivity contribution in [2.75, 3.05) is 6.54 Å². The number of rotatable bonds is 2. The minimum atomic E-state index is -0.473. The second-order valence-corrected chi connectivity index (χ2v) is 3.67. The Kier molecular flexibility index (Phi) is 3.76. The van der Waals surface area contributed by atoms with Crippen molar-refractivity contribution in [3.8, 4) is 0 Å². The predicted molar refractivity (Wildman–Crippen MR) is 50.8 cm³/mol. The molecule has 0 aromatic rings. The van der Waals surface area contributed by atoms with Crippen LogP contribution in [0, 0.1) is 0 Å². The molecule has 0 aromatic heterocycles. The third kappa shape index (κ3) is 2.95. The quantitative estimate of drug-likeness (QED) is 0.617. The molecular formula is C10H19NO. The fourth-order valence-corrected chi connectivity index (χ4v) is 1.78. The molecule has 2 nitrogen and oxygen atoms in total. The number of nitrogens with two attached hydrogens (primary N) is 1. The summed E-state index contributed by atoms with van der Waals surface area (Å²) >= 11 is 0. The van der Waals surface area contributed by atoms with E-state index in [1.807, 2.05) is 0 Å². The summed E-state index contributed by atoms with van der Waals surface area (Å²) in [5, 5.41) is 10.1. The van der Waals surface area contributed by atoms with Gasteiger partial charge in [-0.1, -0.05) is 12.2 Å². The first-order valence-corrected chi connectivity index (χ1v) is 4.84. The summed E-state index contributed by atoms with van der Waals surface area (Å²) in [5.41, 5.74) is 4.98. The molecule has 2 heteroatoms. The molecule has 1 unspecified atom stereocenters. The van der Waals surface area contributed by atoms with Gasteiger partial charge in [-0.3, -0.25) is 0 Å². The zero-order valence-corrected chi connectivity index (χ0v) is 7.63. The van der Waals surface area contributed by atoms with Gasteiger partial charge in [0.2, 0.25) is 0 Å². The average Bonchev–Trinajstić information content (AvgIpc) is 1.99. The van der Waals surface area contributed by atoms with Crippen LogP contribution in [0.4, 0.5) is 0 Å². The van der Waals surface area contributed by atoms with Crippen LogP contribution >= 0.6 is 0 Å². The summed E-state index contributed by atoms with van der Waals surface area (Å²) in [7, 11) is 0. The van der Waals surface area contributed by atoms with Gasteiger partial charge < -0.3 is 10.8 Å². The van der Waals surface area contributed by atoms with E-state index in [1.54, 1.807) is 0 Å². The van der Waals surface area contributed by atoms with Crippen molar-refractivity contribution in [3.05, 3.63) is 12.2 Å². The van der Waals surface area contributed by atoms with E-state index in [4.69, 9.17) is 5.73 Å². The van der Waals surface area contributed by atoms with Gasteiger partial charge in [0.05, 0.1) is 5.60 Å². The number of hydrogen-bond acceptors (Lipinski definition) is 2. The monoisotopic (exact) mass is 169 g/mol. The van der Waals surface area contributed by atoms with E-state index < -0.39 is 5.60 Å². The van der Waals surface area contributed by atoms with Gasteiger partial charge in [0.25, 0.3) is 0 Å². The van der Waals surface area contributed by atoms with E-state index in [0.29, 0.717) is 6.54 Å². The van der Waals surface area contributed by atoms with Crippen LogP contribution in [0.1, 0.15) is 38.5 Å². The van der Waals surface area contributed by atoms with Crippen molar-refractivity contribution in [2.45, 2.75) is 44.1 Å². The number of hydrogen-bond donors (Lipinski definition) is 2. The highest BCUT2D eigenvalue weighted by Crippen LogP contribution is 2.25. The molecule has 0 fully saturated rings. The summed E-state index contributed by atoms with van der Waals surface area (Å²) in [5.74, 6) is 0. The summed E-state index contributed by atoms with van der Waals surface area (Å²) < 4.78 is 0. The molecule has 12 heavy (non-hydrogen) atoms. The molecule has 3 N–H and O–H groups in total. The Morgan fingerprint density at radius 2 is 2.00 bits per heavy atom. The maximum absolute atomic E-state index is 10.1. The van der Waals surface area contributed by atoms with Crippen LogP contribution in [0.25, 0.3) is 0 Å². The smallest absolute Gasteiger partial charge is 0.0662 e. The first kappa shape index (κ1) is 9.75. The Labute approximate surface area is 74.5 Å². The van der Waals surface area contributed by atoms with E-state index >= 15 is 0 Å². The molecule has 1 aliphatic carbocycles. The highest BCUT2D eigenvalue weighted by Gasteiger charge is 2.24. The average molecular weight is 169 g/mol. The predicted octanol–water partition coefficient (Wildman–Crippen LogP) is 1.59. The Morgan fingerprint density at radius 1 is 1.25 bits per heavy atom. The zero-order chi connectivity index (χ0) is 8.86. The van der Waals surface area contributed by atoms with E-state index in [1.165, 1.54) is 0 Å². The summed E-state index contributed by atoms with van der Waals surface area (Å²) in [6.07, 6.45) is 10.1. The van der Waals surface area contributed by atoms with Crippen molar-refractivity contribution in [1.82, 2.24) is 0 Å². The highest BCUT2D eigenvalue weighted by atomic mass is 16.3. The standard InChI is InChI=1S/C10H19NO/c11-9-8-10(12)6-4-2-1-3-5-7-10/h1-2,12H,3-9,11H2/b2-1-. The fourth-order valence-electron chi connectivity index (χ4n) is 1.78. The second kappa shape index (κ2) is 4.63. The van der Waals surface area contributed by atoms with Gasteiger partial charge in [-0.25, -0.2) is 0 Å². The van der Waals surface area contributed by atoms with Gasteiger partial charge >= 0.3 is 0 Å². The van der Waals surface area contributed by atoms with Crippen LogP contribution in [-0.2, 0) is 0 Å². The summed E-state index contributed by atoms with van der Waals surface area (Å²) in [4.78, 5) is 0. The second-order valence-electron chi connectivity index (χ2n) is 3.67. The van der Waals surface area contributed by atoms with Crippen molar-refractivity contribution >= 4 is 0 Å². The van der Waals surface area contributed by atoms with Crippen LogP contribution in [-0.4, -0.2) is 17.3 Å². The van der Waals surface area contributed by atoms with Crippen LogP contribution in [0.15, 0.2) is 12.2 Å². The van der Waals surface area contributed by atoms with E-state index in [0.717, 1.165) is 38.5 Å². The fraction of sp³-hybridized carbons (Fsp3) is 0.800. The molecule has 0 saturated carbocycles. The van der Waals surface area contributed by atoms with Crippen LogP contribution in [0.2, 0.25) is 0 Å². The minimum absolute atomic E-state index is 0.473. The van der Waals surface area contributed by atoms with Gasteiger partial charge in [-0.15, -0.1) is 0 Å². The third-order valence-corrected chi connectivity index (χ3v) is 2.57. The lowest BCUT2D eigenvalue weighted by Gasteiger charge is -2.28. The topological polar surface area (TPSA) is 46.2 Å². The van der Waals surface area contributed by atoms with Crippen molar-refractivity contribution < 1.29 is 5.11 Å². The van der Waals surface area contributed by atoms with E-state index in [-0.39, 0.29) is 0 Å². The summed E-state index contributed by atoms with van der Waals surface area (Å²) in [6, 6.07) is 0. The van der Waals surface area contributed by atoms with Crippen molar-refractivity contribution in [1.29, 1.82) is 0 Å². The van der Waals surface area contributed by atoms with Gasteiger partial charge in [-0.05, 0) is 45.1 Å². The van der Waals surface area contributed by atoms with Crippen molar-refractivity contribution in [2.24, 2.45) is 5.73 Å². The first-order chi connectivity index (χ1) is 5.77. The maximum Gasteiger partial charge on any atom is 0.0662 e. The highest BCUT2D eigenvalue weighted by molar-refractivity contribution is 4.90. The molecule has 1 atom stereocenters. The molecule has 0 bridgehead atoms. The molecular weight excluding hydrogens is 150 g/mol. The molecule has 0 spiro atoms. The molecule has 0 heterocycles. The molecule has 0 aliphatic heterocycles. The van der Waals surface area contributed by atoms with E-state index in [2.05, 4.69) is 12.2 Å². The number of aliphatic hydroxyl groups is 1. The van der Waals surface area contributed by atoms with Crippen LogP contribution in [0.5, 0.6) is 0 Å². The Bertz CT molecular complexity index is 156. The molecule has 0 aromatic carbocycles. The molecule has 0 saturated heterocycles. The molecule has 1 rings (SSSR count). The maximum atomic E-state index is 10.1. The van der Waals surface area contributed by atoms with Crippen LogP contribution < -0.4 is 5.73 Å². The Balaban J connectivity index is 2.45. The molecule has 1 aliphatic rings. The normalized spacial score (nSPS) is 33.8. The van der Waals surface area contributed by atoms with Crippen LogP contribution in [0.3, 0.4) is 0 Å². The third-order valence-electron chi connectivity index (χ3n) is 2.57. The van der Waals surface area contributed by atoms with Gasteiger partial charge in [0, 0.05) is 0 Å². The van der Waals surface area contributed by atoms with Gasteiger partial charge in [-0.2, -0.15) is 0 Å². The zero-order valence-electron chi connectivity index (χ0n) is 7.63. The lowest BCUT2D eigenvalue weighted by Crippen LogP contribution is -2.31. The minimum Gasteiger partial charge on any atom is -0.390 e. The Morgan fingerprint density at radius 3 is 2.75 bits per heavy atom. The molecule has 0 amide bonds. The molecule has 0 radical (unpaired) electrons. The Hall–Kier alpha value is -0.340. The molecule has 70 valence electrons. The summed E-state index contributed by atoms with van der Waals surface area (Å²) in [6.45, 7) is 0.597. The lowest BCUT2D eigenvalue weighted by molar-refractivity contribution is 0.0150. The number of allylic oxidation sites excluding steroid dienone is 2. The lowest BCUT2D eigenvalue weighted by atomic mass is 9.87. The SMILES string of the molecule is NCCC1(O)CC/C=C\CCC1. The first-order valence-electron chi connectivity index (χ1n) is 4.84. The van der Waals surface area contributed by atoms with Gasteiger partial charge in [0.1, 0.15) is 0 Å².